The number of carbonyl (C=O) groups is 1. The van der Waals surface area contributed by atoms with Crippen molar-refractivity contribution in [2.24, 2.45) is 0 Å². The maximum atomic E-state index is 12.6. The quantitative estimate of drug-likeness (QED) is 0.414. The molecule has 6 nitrogen and oxygen atoms in total. The molecule has 0 radical (unpaired) electrons. The number of hydrogen-bond donors (Lipinski definition) is 0. The molecule has 0 unspecified atom stereocenters. The minimum Gasteiger partial charge on any atom is -0.489 e. The van der Waals surface area contributed by atoms with Gasteiger partial charge in [-0.2, -0.15) is 0 Å². The number of benzene rings is 2. The molecule has 0 saturated carbocycles. The molecule has 6 heteroatoms. The van der Waals surface area contributed by atoms with Crippen LogP contribution in [0.5, 0.6) is 17.2 Å². The number of morpholine rings is 1. The fourth-order valence-electron chi connectivity index (χ4n) is 4.44. The average molecular weight is 440 g/mol. The molecule has 0 bridgehead atoms. The van der Waals surface area contributed by atoms with Crippen LogP contribution in [0.1, 0.15) is 40.4 Å². The first-order valence-electron chi connectivity index (χ1n) is 11.6. The van der Waals surface area contributed by atoms with Crippen LogP contribution in [0.25, 0.3) is 0 Å². The lowest BCUT2D eigenvalue weighted by Crippen LogP contribution is -2.38. The molecule has 2 aromatic carbocycles. The summed E-state index contributed by atoms with van der Waals surface area (Å²) in [5, 5.41) is 0. The van der Waals surface area contributed by atoms with Crippen molar-refractivity contribution in [3.05, 3.63) is 52.6 Å². The molecule has 1 saturated heterocycles. The Morgan fingerprint density at radius 2 is 1.78 bits per heavy atom. The smallest absolute Gasteiger partial charge is 0.204 e. The largest absolute Gasteiger partial charge is 0.489 e. The molecule has 0 spiro atoms. The monoisotopic (exact) mass is 439 g/mol. The van der Waals surface area contributed by atoms with Crippen molar-refractivity contribution in [1.82, 2.24) is 4.90 Å². The minimum atomic E-state index is -0.00675. The Morgan fingerprint density at radius 1 is 1.03 bits per heavy atom. The van der Waals surface area contributed by atoms with Crippen LogP contribution in [0.15, 0.2) is 30.3 Å². The Morgan fingerprint density at radius 3 is 2.53 bits per heavy atom. The molecule has 0 atom stereocenters. The zero-order valence-electron chi connectivity index (χ0n) is 19.2. The van der Waals surface area contributed by atoms with E-state index in [-0.39, 0.29) is 5.78 Å². The van der Waals surface area contributed by atoms with E-state index in [1.165, 1.54) is 5.56 Å². The molecule has 0 amide bonds. The first-order valence-corrected chi connectivity index (χ1v) is 11.6. The van der Waals surface area contributed by atoms with Crippen LogP contribution < -0.4 is 14.2 Å². The maximum Gasteiger partial charge on any atom is 0.204 e. The van der Waals surface area contributed by atoms with E-state index in [4.69, 9.17) is 18.9 Å². The van der Waals surface area contributed by atoms with E-state index in [0.29, 0.717) is 36.9 Å². The van der Waals surface area contributed by atoms with E-state index in [2.05, 4.69) is 29.2 Å². The number of carbonyl (C=O) groups excluding carboxylic acids is 1. The number of rotatable bonds is 10. The highest BCUT2D eigenvalue weighted by Crippen LogP contribution is 2.48. The van der Waals surface area contributed by atoms with E-state index in [0.717, 1.165) is 69.0 Å². The van der Waals surface area contributed by atoms with Crippen molar-refractivity contribution in [3.63, 3.8) is 0 Å². The van der Waals surface area contributed by atoms with Crippen molar-refractivity contribution in [2.45, 2.75) is 33.1 Å². The Bertz CT molecular complexity index is 922. The van der Waals surface area contributed by atoms with Gasteiger partial charge in [-0.1, -0.05) is 30.3 Å². The summed E-state index contributed by atoms with van der Waals surface area (Å²) in [6.45, 7) is 9.29. The summed E-state index contributed by atoms with van der Waals surface area (Å²) in [5.74, 6) is 1.85. The normalized spacial score (nSPS) is 15.8. The fourth-order valence-corrected chi connectivity index (χ4v) is 4.44. The predicted molar refractivity (Wildman–Crippen MR) is 123 cm³/mol. The zero-order chi connectivity index (χ0) is 22.3. The SMILES string of the molecule is CC(=O)c1c(C)c2c(c(OCCCc3ccccc3)c1OCCN1CCOCC1)OCC2. The Kier molecular flexibility index (Phi) is 7.66. The molecule has 4 rings (SSSR count). The second kappa shape index (κ2) is 10.8. The molecule has 1 fully saturated rings. The van der Waals surface area contributed by atoms with Crippen molar-refractivity contribution in [2.75, 3.05) is 52.7 Å². The Labute approximate surface area is 190 Å². The van der Waals surface area contributed by atoms with Crippen molar-refractivity contribution in [3.8, 4) is 17.2 Å². The first kappa shape index (κ1) is 22.6. The zero-order valence-corrected chi connectivity index (χ0v) is 19.2. The summed E-state index contributed by atoms with van der Waals surface area (Å²) in [5.41, 5.74) is 3.92. The lowest BCUT2D eigenvalue weighted by atomic mass is 9.96. The third-order valence-electron chi connectivity index (χ3n) is 6.15. The maximum absolute atomic E-state index is 12.6. The number of nitrogens with zero attached hydrogens (tertiary/aromatic N) is 1. The molecular weight excluding hydrogens is 406 g/mol. The first-order chi connectivity index (χ1) is 15.6. The van der Waals surface area contributed by atoms with E-state index in [1.807, 2.05) is 13.0 Å². The third-order valence-corrected chi connectivity index (χ3v) is 6.15. The van der Waals surface area contributed by atoms with Crippen molar-refractivity contribution < 1.29 is 23.7 Å². The standard InChI is InChI=1S/C26H33NO5/c1-19-22-10-15-31-24(22)26(30-14-6-9-21-7-4-3-5-8-21)25(23(19)20(2)28)32-18-13-27-11-16-29-17-12-27/h3-5,7-8H,6,9-18H2,1-2H3. The Balaban J connectivity index is 1.51. The van der Waals surface area contributed by atoms with E-state index in [9.17, 15) is 4.79 Å². The number of ketones is 1. The number of ether oxygens (including phenoxy) is 4. The molecule has 172 valence electrons. The Hall–Kier alpha value is -2.57. The summed E-state index contributed by atoms with van der Waals surface area (Å²) >= 11 is 0. The van der Waals surface area contributed by atoms with Gasteiger partial charge in [-0.3, -0.25) is 9.69 Å². The van der Waals surface area contributed by atoms with Gasteiger partial charge in [0.05, 0.1) is 32.0 Å². The summed E-state index contributed by atoms with van der Waals surface area (Å²) in [6.07, 6.45) is 2.59. The minimum absolute atomic E-state index is 0.00675. The van der Waals surface area contributed by atoms with E-state index in [1.54, 1.807) is 6.92 Å². The van der Waals surface area contributed by atoms with E-state index < -0.39 is 0 Å². The summed E-state index contributed by atoms with van der Waals surface area (Å²) in [6, 6.07) is 10.4. The molecule has 0 aliphatic carbocycles. The number of aryl methyl sites for hydroxylation is 1. The summed E-state index contributed by atoms with van der Waals surface area (Å²) in [7, 11) is 0. The summed E-state index contributed by atoms with van der Waals surface area (Å²) < 4.78 is 23.9. The summed E-state index contributed by atoms with van der Waals surface area (Å²) in [4.78, 5) is 14.9. The molecule has 2 aromatic rings. The van der Waals surface area contributed by atoms with Crippen LogP contribution in [0.3, 0.4) is 0 Å². The number of hydrogen-bond acceptors (Lipinski definition) is 6. The second-order valence-corrected chi connectivity index (χ2v) is 8.36. The van der Waals surface area contributed by atoms with Gasteiger partial charge < -0.3 is 18.9 Å². The van der Waals surface area contributed by atoms with Gasteiger partial charge in [0, 0.05) is 31.6 Å². The molecular formula is C26H33NO5. The van der Waals surface area contributed by atoms with Gasteiger partial charge in [-0.05, 0) is 37.8 Å². The van der Waals surface area contributed by atoms with Crippen molar-refractivity contribution in [1.29, 1.82) is 0 Å². The highest BCUT2D eigenvalue weighted by atomic mass is 16.5. The third kappa shape index (κ3) is 5.25. The molecule has 32 heavy (non-hydrogen) atoms. The molecule has 0 N–H and O–H groups in total. The van der Waals surface area contributed by atoms with Crippen LogP contribution >= 0.6 is 0 Å². The number of Topliss-reactive ketones (excluding diaryl/α,β-unsaturated/α-hetero) is 1. The van der Waals surface area contributed by atoms with Gasteiger partial charge in [0.15, 0.2) is 17.3 Å². The van der Waals surface area contributed by atoms with Gasteiger partial charge in [0.1, 0.15) is 6.61 Å². The molecule has 0 aromatic heterocycles. The topological polar surface area (TPSA) is 57.2 Å². The molecule has 2 heterocycles. The average Bonchev–Trinajstić information content (AvgIpc) is 3.30. The van der Waals surface area contributed by atoms with Crippen LogP contribution in [0.2, 0.25) is 0 Å². The van der Waals surface area contributed by atoms with Crippen LogP contribution in [-0.4, -0.2) is 63.4 Å². The van der Waals surface area contributed by atoms with Gasteiger partial charge in [-0.25, -0.2) is 0 Å². The van der Waals surface area contributed by atoms with E-state index >= 15 is 0 Å². The van der Waals surface area contributed by atoms with Crippen LogP contribution in [0, 0.1) is 6.92 Å². The molecule has 2 aliphatic heterocycles. The van der Waals surface area contributed by atoms with Gasteiger partial charge >= 0.3 is 0 Å². The lowest BCUT2D eigenvalue weighted by molar-refractivity contribution is 0.0320. The fraction of sp³-hybridized carbons (Fsp3) is 0.500. The second-order valence-electron chi connectivity index (χ2n) is 8.36. The van der Waals surface area contributed by atoms with Crippen LogP contribution in [0.4, 0.5) is 0 Å². The lowest BCUT2D eigenvalue weighted by Gasteiger charge is -2.27. The van der Waals surface area contributed by atoms with Crippen LogP contribution in [-0.2, 0) is 17.6 Å². The predicted octanol–water partition coefficient (Wildman–Crippen LogP) is 3.86. The molecule has 2 aliphatic rings. The van der Waals surface area contributed by atoms with Gasteiger partial charge in [0.2, 0.25) is 5.75 Å². The van der Waals surface area contributed by atoms with Crippen molar-refractivity contribution >= 4 is 5.78 Å². The van der Waals surface area contributed by atoms with Gasteiger partial charge in [0.25, 0.3) is 0 Å². The number of fused-ring (bicyclic) bond motifs is 1. The highest BCUT2D eigenvalue weighted by Gasteiger charge is 2.30. The highest BCUT2D eigenvalue weighted by molar-refractivity contribution is 6.00. The van der Waals surface area contributed by atoms with Gasteiger partial charge in [-0.15, -0.1) is 0 Å².